The van der Waals surface area contributed by atoms with Crippen molar-refractivity contribution in [3.63, 3.8) is 0 Å². The predicted octanol–water partition coefficient (Wildman–Crippen LogP) is 0.702. The molecule has 0 aromatic carbocycles. The van der Waals surface area contributed by atoms with Crippen LogP contribution in [0.1, 0.15) is 25.7 Å². The number of nitrogens with zero attached hydrogens (tertiary/aromatic N) is 3. The number of hydrogen-bond acceptors (Lipinski definition) is 5. The molecule has 1 fully saturated rings. The molecule has 2 rings (SSSR count). The molecule has 2 heterocycles. The molecule has 6 heteroatoms. The molecule has 0 aliphatic carbocycles. The third-order valence-corrected chi connectivity index (χ3v) is 3.53. The summed E-state index contributed by atoms with van der Waals surface area (Å²) in [5.41, 5.74) is -0.126. The van der Waals surface area contributed by atoms with Crippen LogP contribution in [0, 0.1) is 0 Å². The van der Waals surface area contributed by atoms with Crippen LogP contribution in [0.25, 0.3) is 0 Å². The number of carbonyl (C=O) groups excluding carboxylic acids is 1. The highest BCUT2D eigenvalue weighted by Gasteiger charge is 2.27. The van der Waals surface area contributed by atoms with E-state index in [0.29, 0.717) is 12.2 Å². The molecule has 0 spiro atoms. The summed E-state index contributed by atoms with van der Waals surface area (Å²) in [7, 11) is 3.09. The van der Waals surface area contributed by atoms with Gasteiger partial charge in [0.1, 0.15) is 0 Å². The summed E-state index contributed by atoms with van der Waals surface area (Å²) in [6.07, 6.45) is 6.50. The van der Waals surface area contributed by atoms with Gasteiger partial charge in [-0.2, -0.15) is 0 Å². The van der Waals surface area contributed by atoms with Gasteiger partial charge in [-0.05, 0) is 19.3 Å². The highest BCUT2D eigenvalue weighted by molar-refractivity contribution is 5.70. The van der Waals surface area contributed by atoms with Gasteiger partial charge in [0.2, 0.25) is 0 Å². The summed E-state index contributed by atoms with van der Waals surface area (Å²) < 4.78 is 6.23. The molecule has 1 aliphatic heterocycles. The Morgan fingerprint density at radius 1 is 1.53 bits per heavy atom. The van der Waals surface area contributed by atoms with Crippen molar-refractivity contribution in [2.24, 2.45) is 7.05 Å². The van der Waals surface area contributed by atoms with E-state index in [4.69, 9.17) is 4.74 Å². The Morgan fingerprint density at radius 3 is 3.05 bits per heavy atom. The summed E-state index contributed by atoms with van der Waals surface area (Å²) in [6.45, 7) is 0.758. The Kier molecular flexibility index (Phi) is 4.19. The fourth-order valence-corrected chi connectivity index (χ4v) is 2.45. The number of carbonyl (C=O) groups is 1. The lowest BCUT2D eigenvalue weighted by Crippen LogP contribution is -2.44. The van der Waals surface area contributed by atoms with E-state index in [9.17, 15) is 9.59 Å². The minimum absolute atomic E-state index is 0.00352. The van der Waals surface area contributed by atoms with Crippen LogP contribution in [0.3, 0.4) is 0 Å². The summed E-state index contributed by atoms with van der Waals surface area (Å²) in [5.74, 6) is 0.184. The van der Waals surface area contributed by atoms with Crippen molar-refractivity contribution < 1.29 is 9.53 Å². The molecule has 1 aromatic rings. The molecule has 1 aromatic heterocycles. The van der Waals surface area contributed by atoms with Gasteiger partial charge in [0.15, 0.2) is 5.82 Å². The quantitative estimate of drug-likeness (QED) is 0.753. The Bertz CT molecular complexity index is 512. The van der Waals surface area contributed by atoms with Gasteiger partial charge in [-0.25, -0.2) is 4.98 Å². The lowest BCUT2D eigenvalue weighted by molar-refractivity contribution is -0.141. The molecular weight excluding hydrogens is 246 g/mol. The smallest absolute Gasteiger partial charge is 0.307 e. The molecule has 0 N–H and O–H groups in total. The van der Waals surface area contributed by atoms with Crippen LogP contribution in [-0.4, -0.2) is 35.2 Å². The maximum atomic E-state index is 12.1. The van der Waals surface area contributed by atoms with Crippen molar-refractivity contribution >= 4 is 11.8 Å². The minimum Gasteiger partial charge on any atom is -0.469 e. The van der Waals surface area contributed by atoms with Crippen molar-refractivity contribution in [2.45, 2.75) is 31.7 Å². The second-order valence-corrected chi connectivity index (χ2v) is 4.79. The molecule has 0 amide bonds. The monoisotopic (exact) mass is 265 g/mol. The summed E-state index contributed by atoms with van der Waals surface area (Å²) in [5, 5.41) is 0. The predicted molar refractivity (Wildman–Crippen MR) is 71.1 cm³/mol. The number of esters is 1. The van der Waals surface area contributed by atoms with Gasteiger partial charge >= 0.3 is 5.97 Å². The van der Waals surface area contributed by atoms with E-state index in [-0.39, 0.29) is 17.6 Å². The molecule has 0 saturated carbocycles. The zero-order chi connectivity index (χ0) is 13.8. The van der Waals surface area contributed by atoms with E-state index in [2.05, 4.69) is 4.98 Å². The summed E-state index contributed by atoms with van der Waals surface area (Å²) >= 11 is 0. The molecular formula is C13H19N3O3. The molecule has 0 radical (unpaired) electrons. The number of aromatic nitrogens is 2. The maximum absolute atomic E-state index is 12.1. The van der Waals surface area contributed by atoms with E-state index in [1.54, 1.807) is 19.4 Å². The van der Waals surface area contributed by atoms with Crippen LogP contribution in [0.4, 0.5) is 5.82 Å². The van der Waals surface area contributed by atoms with Gasteiger partial charge in [-0.1, -0.05) is 0 Å². The summed E-state index contributed by atoms with van der Waals surface area (Å²) in [4.78, 5) is 29.7. The first-order valence-corrected chi connectivity index (χ1v) is 6.48. The number of rotatable bonds is 3. The SMILES string of the molecule is COC(=O)CC1CCCCN1c1nccn(C)c1=O. The van der Waals surface area contributed by atoms with Crippen molar-refractivity contribution in [1.82, 2.24) is 9.55 Å². The second-order valence-electron chi connectivity index (χ2n) is 4.79. The third-order valence-electron chi connectivity index (χ3n) is 3.53. The molecule has 104 valence electrons. The van der Waals surface area contributed by atoms with Gasteiger partial charge in [-0.3, -0.25) is 9.59 Å². The number of piperidine rings is 1. The topological polar surface area (TPSA) is 64.4 Å². The Balaban J connectivity index is 2.26. The normalized spacial score (nSPS) is 19.3. The first-order chi connectivity index (χ1) is 9.13. The molecule has 1 atom stereocenters. The lowest BCUT2D eigenvalue weighted by Gasteiger charge is -2.35. The van der Waals surface area contributed by atoms with Crippen molar-refractivity contribution in [3.8, 4) is 0 Å². The van der Waals surface area contributed by atoms with Crippen molar-refractivity contribution in [2.75, 3.05) is 18.6 Å². The van der Waals surface area contributed by atoms with E-state index in [0.717, 1.165) is 25.8 Å². The number of anilines is 1. The van der Waals surface area contributed by atoms with Gasteiger partial charge < -0.3 is 14.2 Å². The van der Waals surface area contributed by atoms with E-state index >= 15 is 0 Å². The Labute approximate surface area is 112 Å². The van der Waals surface area contributed by atoms with Crippen LogP contribution < -0.4 is 10.5 Å². The van der Waals surface area contributed by atoms with E-state index in [1.807, 2.05) is 4.90 Å². The number of ether oxygens (including phenoxy) is 1. The fraction of sp³-hybridized carbons (Fsp3) is 0.615. The fourth-order valence-electron chi connectivity index (χ4n) is 2.45. The molecule has 1 unspecified atom stereocenters. The number of hydrogen-bond donors (Lipinski definition) is 0. The minimum atomic E-state index is -0.246. The highest BCUT2D eigenvalue weighted by atomic mass is 16.5. The van der Waals surface area contributed by atoms with Crippen molar-refractivity contribution in [1.29, 1.82) is 0 Å². The van der Waals surface area contributed by atoms with Gasteiger partial charge in [0.25, 0.3) is 5.56 Å². The number of methoxy groups -OCH3 is 1. The molecule has 1 aliphatic rings. The average molecular weight is 265 g/mol. The molecule has 6 nitrogen and oxygen atoms in total. The second kappa shape index (κ2) is 5.86. The van der Waals surface area contributed by atoms with E-state index in [1.165, 1.54) is 11.7 Å². The lowest BCUT2D eigenvalue weighted by atomic mass is 9.99. The Hall–Kier alpha value is -1.85. The van der Waals surface area contributed by atoms with Crippen LogP contribution in [0.15, 0.2) is 17.2 Å². The van der Waals surface area contributed by atoms with Crippen LogP contribution in [0.2, 0.25) is 0 Å². The molecule has 1 saturated heterocycles. The first-order valence-electron chi connectivity index (χ1n) is 6.48. The molecule has 19 heavy (non-hydrogen) atoms. The molecule has 0 bridgehead atoms. The van der Waals surface area contributed by atoms with Gasteiger partial charge in [-0.15, -0.1) is 0 Å². The van der Waals surface area contributed by atoms with E-state index < -0.39 is 0 Å². The average Bonchev–Trinajstić information content (AvgIpc) is 2.42. The Morgan fingerprint density at radius 2 is 2.32 bits per heavy atom. The summed E-state index contributed by atoms with van der Waals surface area (Å²) in [6, 6.07) is 0.00352. The third kappa shape index (κ3) is 2.94. The zero-order valence-corrected chi connectivity index (χ0v) is 11.3. The van der Waals surface area contributed by atoms with Gasteiger partial charge in [0.05, 0.1) is 13.5 Å². The maximum Gasteiger partial charge on any atom is 0.307 e. The highest BCUT2D eigenvalue weighted by Crippen LogP contribution is 2.23. The largest absolute Gasteiger partial charge is 0.469 e. The van der Waals surface area contributed by atoms with Crippen molar-refractivity contribution in [3.05, 3.63) is 22.7 Å². The zero-order valence-electron chi connectivity index (χ0n) is 11.3. The van der Waals surface area contributed by atoms with Crippen LogP contribution in [0.5, 0.6) is 0 Å². The van der Waals surface area contributed by atoms with Crippen LogP contribution in [-0.2, 0) is 16.6 Å². The first kappa shape index (κ1) is 13.6. The number of aryl methyl sites for hydroxylation is 1. The van der Waals surface area contributed by atoms with Crippen LogP contribution >= 0.6 is 0 Å². The van der Waals surface area contributed by atoms with Gasteiger partial charge in [0, 0.05) is 32.0 Å². The standard InChI is InChI=1S/C13H19N3O3/c1-15-8-6-14-12(13(15)18)16-7-4-3-5-10(16)9-11(17)19-2/h6,8,10H,3-5,7,9H2,1-2H3.